The molecule has 1 N–H and O–H groups in total. The summed E-state index contributed by atoms with van der Waals surface area (Å²) >= 11 is 5.72. The molecule has 0 saturated carbocycles. The van der Waals surface area contributed by atoms with E-state index in [1.165, 1.54) is 0 Å². The Morgan fingerprint density at radius 1 is 0.625 bits per heavy atom. The number of carbonyl (C=O) groups excluding carboxylic acids is 5. The van der Waals surface area contributed by atoms with Gasteiger partial charge in [-0.15, -0.1) is 11.6 Å². The molecule has 1 heterocycles. The van der Waals surface area contributed by atoms with Gasteiger partial charge in [-0.25, -0.2) is 0 Å². The minimum Gasteiger partial charge on any atom is -0.462 e. The van der Waals surface area contributed by atoms with Crippen LogP contribution in [0.5, 0.6) is 0 Å². The fourth-order valence-electron chi connectivity index (χ4n) is 3.04. The van der Waals surface area contributed by atoms with Crippen LogP contribution in [-0.2, 0) is 47.7 Å². The average molecular weight is 592 g/mol. The van der Waals surface area contributed by atoms with Crippen molar-refractivity contribution in [3.63, 3.8) is 0 Å². The molecule has 40 heavy (non-hydrogen) atoms. The first-order valence-corrected chi connectivity index (χ1v) is 13.7. The molecule has 0 spiro atoms. The van der Waals surface area contributed by atoms with Crippen LogP contribution in [0.2, 0.25) is 0 Å². The lowest BCUT2D eigenvalue weighted by Crippen LogP contribution is -2.67. The molecule has 0 radical (unpaired) electrons. The van der Waals surface area contributed by atoms with Gasteiger partial charge in [0, 0.05) is 0 Å². The van der Waals surface area contributed by atoms with Crippen molar-refractivity contribution in [1.82, 2.24) is 5.32 Å². The van der Waals surface area contributed by atoms with Gasteiger partial charge in [0.2, 0.25) is 5.91 Å². The molecule has 1 fully saturated rings. The lowest BCUT2D eigenvalue weighted by molar-refractivity contribution is -0.264. The lowest BCUT2D eigenvalue weighted by atomic mass is 9.92. The van der Waals surface area contributed by atoms with Crippen molar-refractivity contribution in [1.29, 1.82) is 0 Å². The maximum atomic E-state index is 13.1. The van der Waals surface area contributed by atoms with Crippen LogP contribution in [-0.4, -0.2) is 72.9 Å². The first-order valence-electron chi connectivity index (χ1n) is 13.2. The zero-order chi connectivity index (χ0) is 31.4. The van der Waals surface area contributed by atoms with Gasteiger partial charge in [0.25, 0.3) is 0 Å². The first-order chi connectivity index (χ1) is 17.9. The molecule has 0 bridgehead atoms. The van der Waals surface area contributed by atoms with E-state index in [4.69, 9.17) is 35.3 Å². The number of halogens is 1. The van der Waals surface area contributed by atoms with Gasteiger partial charge in [0.05, 0.1) is 21.7 Å². The number of nitrogens with one attached hydrogen (secondary N) is 1. The van der Waals surface area contributed by atoms with E-state index in [-0.39, 0.29) is 0 Å². The molecular weight excluding hydrogens is 546 g/mol. The van der Waals surface area contributed by atoms with Crippen molar-refractivity contribution < 1.29 is 47.7 Å². The maximum Gasteiger partial charge on any atom is 0.311 e. The third-order valence-corrected chi connectivity index (χ3v) is 5.86. The zero-order valence-corrected chi connectivity index (χ0v) is 26.5. The molecule has 230 valence electrons. The molecule has 11 nitrogen and oxygen atoms in total. The summed E-state index contributed by atoms with van der Waals surface area (Å²) < 4.78 is 29.0. The second-order valence-electron chi connectivity index (χ2n) is 14.0. The third kappa shape index (κ3) is 10.2. The van der Waals surface area contributed by atoms with Gasteiger partial charge in [-0.1, -0.05) is 0 Å². The first kappa shape index (κ1) is 35.6. The summed E-state index contributed by atoms with van der Waals surface area (Å²) in [5.74, 6) is -3.74. The molecule has 1 saturated heterocycles. The predicted octanol–water partition coefficient (Wildman–Crippen LogP) is 3.53. The van der Waals surface area contributed by atoms with E-state index in [1.54, 1.807) is 83.1 Å². The largest absolute Gasteiger partial charge is 0.462 e. The normalized spacial score (nSPS) is 24.0. The van der Waals surface area contributed by atoms with Gasteiger partial charge in [-0.3, -0.25) is 24.0 Å². The molecule has 12 heteroatoms. The minimum atomic E-state index is -1.45. The van der Waals surface area contributed by atoms with Crippen LogP contribution >= 0.6 is 11.6 Å². The third-order valence-electron chi connectivity index (χ3n) is 5.62. The van der Waals surface area contributed by atoms with Crippen molar-refractivity contribution in [2.75, 3.05) is 12.5 Å². The van der Waals surface area contributed by atoms with Gasteiger partial charge >= 0.3 is 23.9 Å². The molecule has 0 aromatic rings. The van der Waals surface area contributed by atoms with Gasteiger partial charge in [0.1, 0.15) is 18.6 Å². The average Bonchev–Trinajstić information content (AvgIpc) is 2.78. The zero-order valence-electron chi connectivity index (χ0n) is 25.8. The van der Waals surface area contributed by atoms with Crippen LogP contribution in [0, 0.1) is 21.7 Å². The van der Waals surface area contributed by atoms with E-state index >= 15 is 0 Å². The summed E-state index contributed by atoms with van der Waals surface area (Å²) in [6, 6.07) is 0. The van der Waals surface area contributed by atoms with Crippen LogP contribution < -0.4 is 5.32 Å². The number of hydrogen-bond acceptors (Lipinski definition) is 10. The fraction of sp³-hybridized carbons (Fsp3) is 0.821. The molecule has 1 aliphatic rings. The van der Waals surface area contributed by atoms with Crippen molar-refractivity contribution in [2.45, 2.75) is 114 Å². The Labute approximate surface area is 242 Å². The topological polar surface area (TPSA) is 144 Å². The monoisotopic (exact) mass is 591 g/mol. The maximum absolute atomic E-state index is 13.1. The summed E-state index contributed by atoms with van der Waals surface area (Å²) in [4.78, 5) is 64.2. The Morgan fingerprint density at radius 2 is 1.00 bits per heavy atom. The quantitative estimate of drug-likeness (QED) is 0.265. The molecule has 0 unspecified atom stereocenters. The van der Waals surface area contributed by atoms with Crippen molar-refractivity contribution in [2.24, 2.45) is 21.7 Å². The summed E-state index contributed by atoms with van der Waals surface area (Å²) in [5, 5.41) is 2.53. The van der Waals surface area contributed by atoms with E-state index in [2.05, 4.69) is 5.32 Å². The number of alkyl halides is 1. The van der Waals surface area contributed by atoms with Gasteiger partial charge in [0.15, 0.2) is 24.5 Å². The Hall–Kier alpha value is -2.40. The highest BCUT2D eigenvalue weighted by atomic mass is 35.5. The molecule has 0 aromatic heterocycles. The summed E-state index contributed by atoms with van der Waals surface area (Å²) in [7, 11) is 0. The molecule has 1 aliphatic heterocycles. The van der Waals surface area contributed by atoms with E-state index in [0.717, 1.165) is 0 Å². The molecular formula is C28H46ClNO10. The Kier molecular flexibility index (Phi) is 11.6. The second kappa shape index (κ2) is 13.1. The number of esters is 4. The Morgan fingerprint density at radius 3 is 1.38 bits per heavy atom. The predicted molar refractivity (Wildman–Crippen MR) is 146 cm³/mol. The highest BCUT2D eigenvalue weighted by Crippen LogP contribution is 2.33. The Bertz CT molecular complexity index is 952. The van der Waals surface area contributed by atoms with Crippen LogP contribution in [0.25, 0.3) is 0 Å². The van der Waals surface area contributed by atoms with Crippen LogP contribution in [0.15, 0.2) is 0 Å². The fourth-order valence-corrected chi connectivity index (χ4v) is 3.12. The molecule has 1 amide bonds. The number of amides is 1. The van der Waals surface area contributed by atoms with E-state index in [1.807, 2.05) is 0 Å². The van der Waals surface area contributed by atoms with Gasteiger partial charge < -0.3 is 29.0 Å². The highest BCUT2D eigenvalue weighted by Gasteiger charge is 2.55. The number of rotatable bonds is 7. The smallest absolute Gasteiger partial charge is 0.311 e. The minimum absolute atomic E-state index is 0.422. The van der Waals surface area contributed by atoms with Crippen molar-refractivity contribution in [3.05, 3.63) is 0 Å². The Balaban J connectivity index is 3.73. The highest BCUT2D eigenvalue weighted by molar-refractivity contribution is 6.27. The summed E-state index contributed by atoms with van der Waals surface area (Å²) in [6.07, 6.45) is -6.89. The summed E-state index contributed by atoms with van der Waals surface area (Å²) in [6.45, 7) is 19.2. The molecule has 0 aliphatic carbocycles. The lowest BCUT2D eigenvalue weighted by Gasteiger charge is -2.46. The van der Waals surface area contributed by atoms with Crippen molar-refractivity contribution in [3.8, 4) is 0 Å². The van der Waals surface area contributed by atoms with Gasteiger partial charge in [-0.05, 0) is 83.1 Å². The molecule has 1 rings (SSSR count). The number of ether oxygens (including phenoxy) is 5. The van der Waals surface area contributed by atoms with Crippen LogP contribution in [0.3, 0.4) is 0 Å². The van der Waals surface area contributed by atoms with Gasteiger partial charge in [-0.2, -0.15) is 0 Å². The molecule has 0 aromatic carbocycles. The van der Waals surface area contributed by atoms with Crippen molar-refractivity contribution >= 4 is 41.4 Å². The van der Waals surface area contributed by atoms with E-state index in [0.29, 0.717) is 0 Å². The standard InChI is InChI=1S/C28H46ClNO10/c1-25(2,3)21(32)36-14-15-17(38-22(33)26(4,5)6)18(39-23(34)27(7,8)9)19(40-24(35)28(10,11)12)20(37-15)30-16(31)13-29/h15,17-20H,13-14H2,1-12H3,(H,30,31)/t15-,17-,18+,19-,20-/m1/s1. The SMILES string of the molecule is CC(C)(C)C(=O)OC[C@H]1O[C@@H](NC(=O)CCl)[C@H](OC(=O)C(C)(C)C)[C@@H](OC(=O)C(C)(C)C)[C@@H]1OC(=O)C(C)(C)C. The number of carbonyl (C=O) groups is 5. The van der Waals surface area contributed by atoms with E-state index in [9.17, 15) is 24.0 Å². The molecule has 5 atom stereocenters. The number of hydrogen-bond donors (Lipinski definition) is 1. The summed E-state index contributed by atoms with van der Waals surface area (Å²) in [5.41, 5.74) is -3.83. The van der Waals surface area contributed by atoms with Crippen LogP contribution in [0.4, 0.5) is 0 Å². The second-order valence-corrected chi connectivity index (χ2v) is 14.3. The van der Waals surface area contributed by atoms with E-state index < -0.39 is 94.6 Å². The van der Waals surface area contributed by atoms with Crippen LogP contribution in [0.1, 0.15) is 83.1 Å².